The van der Waals surface area contributed by atoms with E-state index in [1.807, 2.05) is 13.8 Å². The molecular formula is C24H26F3N5O3S. The Bertz CT molecular complexity index is 1210. The van der Waals surface area contributed by atoms with Crippen LogP contribution in [-0.4, -0.2) is 39.4 Å². The molecule has 0 spiro atoms. The molecule has 1 heterocycles. The Labute approximate surface area is 210 Å². The van der Waals surface area contributed by atoms with Gasteiger partial charge in [-0.15, -0.1) is 10.2 Å². The van der Waals surface area contributed by atoms with Crippen LogP contribution in [0.15, 0.2) is 53.7 Å². The number of nitrogens with zero attached hydrogens (tertiary/aromatic N) is 3. The second-order valence-corrected chi connectivity index (χ2v) is 9.18. The van der Waals surface area contributed by atoms with E-state index in [1.165, 1.54) is 12.1 Å². The van der Waals surface area contributed by atoms with Gasteiger partial charge in [-0.05, 0) is 48.4 Å². The van der Waals surface area contributed by atoms with Crippen LogP contribution in [0.2, 0.25) is 0 Å². The molecule has 0 aliphatic heterocycles. The molecule has 2 amide bonds. The van der Waals surface area contributed by atoms with Crippen molar-refractivity contribution in [2.45, 2.75) is 31.2 Å². The van der Waals surface area contributed by atoms with E-state index in [2.05, 4.69) is 20.8 Å². The summed E-state index contributed by atoms with van der Waals surface area (Å²) in [5.74, 6) is 0.266. The Morgan fingerprint density at radius 2 is 1.81 bits per heavy atom. The Morgan fingerprint density at radius 3 is 2.42 bits per heavy atom. The maximum Gasteiger partial charge on any atom is 0.416 e. The number of aromatic nitrogens is 3. The highest BCUT2D eigenvalue weighted by Gasteiger charge is 2.30. The molecule has 2 N–H and O–H groups in total. The maximum absolute atomic E-state index is 12.9. The summed E-state index contributed by atoms with van der Waals surface area (Å²) >= 11 is 1.08. The molecule has 1 atom stereocenters. The number of hydrogen-bond acceptors (Lipinski definition) is 6. The Kier molecular flexibility index (Phi) is 8.62. The third kappa shape index (κ3) is 6.78. The van der Waals surface area contributed by atoms with Gasteiger partial charge in [0.2, 0.25) is 5.91 Å². The van der Waals surface area contributed by atoms with Gasteiger partial charge in [0.25, 0.3) is 5.91 Å². The van der Waals surface area contributed by atoms with Crippen molar-refractivity contribution in [3.63, 3.8) is 0 Å². The number of halogens is 3. The summed E-state index contributed by atoms with van der Waals surface area (Å²) in [4.78, 5) is 25.1. The third-order valence-electron chi connectivity index (χ3n) is 5.26. The molecule has 0 fully saturated rings. The zero-order chi connectivity index (χ0) is 26.5. The van der Waals surface area contributed by atoms with E-state index in [9.17, 15) is 22.8 Å². The molecule has 0 radical (unpaired) electrons. The first-order valence-corrected chi connectivity index (χ1v) is 11.9. The number of carbonyl (C=O) groups is 2. The fourth-order valence-corrected chi connectivity index (χ4v) is 4.04. The van der Waals surface area contributed by atoms with Gasteiger partial charge in [-0.3, -0.25) is 9.59 Å². The highest BCUT2D eigenvalue weighted by molar-refractivity contribution is 7.99. The van der Waals surface area contributed by atoms with Gasteiger partial charge in [0, 0.05) is 18.3 Å². The molecule has 0 aliphatic carbocycles. The average Bonchev–Trinajstić information content (AvgIpc) is 3.20. The van der Waals surface area contributed by atoms with Crippen LogP contribution >= 0.6 is 11.8 Å². The molecule has 0 aliphatic rings. The average molecular weight is 522 g/mol. The van der Waals surface area contributed by atoms with Gasteiger partial charge in [-0.1, -0.05) is 31.7 Å². The Balaban J connectivity index is 1.65. The highest BCUT2D eigenvalue weighted by atomic mass is 32.2. The van der Waals surface area contributed by atoms with Crippen molar-refractivity contribution in [3.05, 3.63) is 65.5 Å². The van der Waals surface area contributed by atoms with Gasteiger partial charge in [-0.25, -0.2) is 0 Å². The molecule has 36 heavy (non-hydrogen) atoms. The minimum atomic E-state index is -4.50. The number of hydrogen-bond donors (Lipinski definition) is 2. The monoisotopic (exact) mass is 521 g/mol. The van der Waals surface area contributed by atoms with E-state index in [1.54, 1.807) is 43.0 Å². The number of thioether (sulfide) groups is 1. The molecular weight excluding hydrogens is 495 g/mol. The fourth-order valence-electron chi connectivity index (χ4n) is 3.32. The lowest BCUT2D eigenvalue weighted by atomic mass is 10.0. The second-order valence-electron chi connectivity index (χ2n) is 8.24. The Morgan fingerprint density at radius 1 is 1.11 bits per heavy atom. The summed E-state index contributed by atoms with van der Waals surface area (Å²) in [7, 11) is 3.26. The van der Waals surface area contributed by atoms with Crippen molar-refractivity contribution in [1.82, 2.24) is 20.1 Å². The van der Waals surface area contributed by atoms with Gasteiger partial charge in [-0.2, -0.15) is 13.2 Å². The van der Waals surface area contributed by atoms with E-state index in [4.69, 9.17) is 4.74 Å². The van der Waals surface area contributed by atoms with Crippen LogP contribution in [0.5, 0.6) is 5.75 Å². The number of anilines is 1. The SMILES string of the molecule is COc1ccc(C(=O)NC(c2nnc(SCC(=O)Nc3cccc(C(F)(F)F)c3)n2C)C(C)C)cc1. The second kappa shape index (κ2) is 11.5. The standard InChI is InChI=1S/C24H26F3N5O3S/c1-14(2)20(29-22(34)15-8-10-18(35-4)11-9-15)21-30-31-23(32(21)3)36-13-19(33)28-17-7-5-6-16(12-17)24(25,26)27/h5-12,14,20H,13H2,1-4H3,(H,28,33)(H,29,34). The topological polar surface area (TPSA) is 98.1 Å². The summed E-state index contributed by atoms with van der Waals surface area (Å²) < 4.78 is 45.5. The molecule has 3 rings (SSSR count). The summed E-state index contributed by atoms with van der Waals surface area (Å²) in [6.45, 7) is 3.87. The molecule has 2 aromatic carbocycles. The summed E-state index contributed by atoms with van der Waals surface area (Å²) in [6, 6.07) is 10.7. The van der Waals surface area contributed by atoms with Gasteiger partial charge < -0.3 is 19.9 Å². The number of nitrogens with one attached hydrogen (secondary N) is 2. The molecule has 0 saturated carbocycles. The van der Waals surface area contributed by atoms with Crippen LogP contribution in [0.25, 0.3) is 0 Å². The largest absolute Gasteiger partial charge is 0.497 e. The highest BCUT2D eigenvalue weighted by Crippen LogP contribution is 2.31. The van der Waals surface area contributed by atoms with Crippen LogP contribution < -0.4 is 15.4 Å². The van der Waals surface area contributed by atoms with Gasteiger partial charge in [0.1, 0.15) is 5.75 Å². The van der Waals surface area contributed by atoms with E-state index < -0.39 is 23.7 Å². The minimum Gasteiger partial charge on any atom is -0.497 e. The third-order valence-corrected chi connectivity index (χ3v) is 6.28. The van der Waals surface area contributed by atoms with Crippen LogP contribution in [0, 0.1) is 5.92 Å². The van der Waals surface area contributed by atoms with E-state index in [0.717, 1.165) is 23.9 Å². The normalized spacial score (nSPS) is 12.3. The van der Waals surface area contributed by atoms with Crippen molar-refractivity contribution in [3.8, 4) is 5.75 Å². The van der Waals surface area contributed by atoms with Crippen molar-refractivity contribution >= 4 is 29.3 Å². The number of carbonyl (C=O) groups excluding carboxylic acids is 2. The van der Waals surface area contributed by atoms with Gasteiger partial charge >= 0.3 is 6.18 Å². The first-order chi connectivity index (χ1) is 17.0. The first-order valence-electron chi connectivity index (χ1n) is 10.9. The van der Waals surface area contributed by atoms with E-state index in [0.29, 0.717) is 22.3 Å². The molecule has 0 bridgehead atoms. The zero-order valence-corrected chi connectivity index (χ0v) is 20.9. The van der Waals surface area contributed by atoms with E-state index >= 15 is 0 Å². The number of methoxy groups -OCH3 is 1. The lowest BCUT2D eigenvalue weighted by molar-refractivity contribution is -0.137. The van der Waals surface area contributed by atoms with Crippen molar-refractivity contribution < 1.29 is 27.5 Å². The molecule has 1 aromatic heterocycles. The predicted octanol–water partition coefficient (Wildman–Crippen LogP) is 4.70. The number of amides is 2. The van der Waals surface area contributed by atoms with Crippen LogP contribution in [0.1, 0.15) is 41.6 Å². The van der Waals surface area contributed by atoms with Gasteiger partial charge in [0.05, 0.1) is 24.5 Å². The van der Waals surface area contributed by atoms with Crippen LogP contribution in [0.4, 0.5) is 18.9 Å². The van der Waals surface area contributed by atoms with Crippen molar-refractivity contribution in [2.75, 3.05) is 18.2 Å². The smallest absolute Gasteiger partial charge is 0.416 e. The first kappa shape index (κ1) is 27.1. The van der Waals surface area contributed by atoms with Crippen molar-refractivity contribution in [1.29, 1.82) is 0 Å². The fraction of sp³-hybridized carbons (Fsp3) is 0.333. The van der Waals surface area contributed by atoms with Crippen LogP contribution in [-0.2, 0) is 18.0 Å². The zero-order valence-electron chi connectivity index (χ0n) is 20.1. The molecule has 3 aromatic rings. The minimum absolute atomic E-state index is 0.0165. The molecule has 192 valence electrons. The molecule has 0 saturated heterocycles. The predicted molar refractivity (Wildman–Crippen MR) is 130 cm³/mol. The number of alkyl halides is 3. The lowest BCUT2D eigenvalue weighted by Crippen LogP contribution is -2.33. The Hall–Kier alpha value is -3.54. The molecule has 12 heteroatoms. The van der Waals surface area contributed by atoms with Gasteiger partial charge in [0.15, 0.2) is 11.0 Å². The number of benzene rings is 2. The quantitative estimate of drug-likeness (QED) is 0.396. The number of rotatable bonds is 9. The lowest BCUT2D eigenvalue weighted by Gasteiger charge is -2.21. The summed E-state index contributed by atoms with van der Waals surface area (Å²) in [5, 5.41) is 14.2. The van der Waals surface area contributed by atoms with Crippen molar-refractivity contribution in [2.24, 2.45) is 13.0 Å². The van der Waals surface area contributed by atoms with Crippen LogP contribution in [0.3, 0.4) is 0 Å². The molecule has 8 nitrogen and oxygen atoms in total. The summed E-state index contributed by atoms with van der Waals surface area (Å²) in [6.07, 6.45) is -4.50. The number of ether oxygens (including phenoxy) is 1. The van der Waals surface area contributed by atoms with E-state index in [-0.39, 0.29) is 23.3 Å². The summed E-state index contributed by atoms with van der Waals surface area (Å²) in [5.41, 5.74) is -0.331. The maximum atomic E-state index is 12.9. The molecule has 1 unspecified atom stereocenters.